The quantitative estimate of drug-likeness (QED) is 0.721. The standard InChI is InChI=1S/C9H17N3O/c1-7(2)5-9-8(6-12-13-9)11-4-3-10/h6-7,11H,3-5,10H2,1-2H3. The van der Waals surface area contributed by atoms with E-state index in [2.05, 4.69) is 24.3 Å². The maximum atomic E-state index is 5.38. The summed E-state index contributed by atoms with van der Waals surface area (Å²) in [5.41, 5.74) is 6.35. The normalized spacial score (nSPS) is 10.8. The fraction of sp³-hybridized carbons (Fsp3) is 0.667. The van der Waals surface area contributed by atoms with Crippen LogP contribution in [0.5, 0.6) is 0 Å². The summed E-state index contributed by atoms with van der Waals surface area (Å²) < 4.78 is 5.12. The molecule has 3 N–H and O–H groups in total. The molecule has 4 nitrogen and oxygen atoms in total. The molecule has 0 aromatic carbocycles. The monoisotopic (exact) mass is 183 g/mol. The topological polar surface area (TPSA) is 64.1 Å². The van der Waals surface area contributed by atoms with Crippen molar-refractivity contribution in [3.05, 3.63) is 12.0 Å². The van der Waals surface area contributed by atoms with E-state index in [-0.39, 0.29) is 0 Å². The zero-order chi connectivity index (χ0) is 9.68. The van der Waals surface area contributed by atoms with Crippen LogP contribution in [0.2, 0.25) is 0 Å². The number of hydrogen-bond donors (Lipinski definition) is 2. The van der Waals surface area contributed by atoms with E-state index >= 15 is 0 Å². The Hall–Kier alpha value is -1.03. The summed E-state index contributed by atoms with van der Waals surface area (Å²) in [6, 6.07) is 0. The molecule has 1 rings (SSSR count). The predicted octanol–water partition coefficient (Wildman–Crippen LogP) is 1.24. The molecule has 0 bridgehead atoms. The summed E-state index contributed by atoms with van der Waals surface area (Å²) in [6.07, 6.45) is 2.61. The van der Waals surface area contributed by atoms with E-state index in [0.717, 1.165) is 24.4 Å². The van der Waals surface area contributed by atoms with Crippen LogP contribution in [-0.2, 0) is 6.42 Å². The van der Waals surface area contributed by atoms with E-state index in [1.807, 2.05) is 0 Å². The lowest BCUT2D eigenvalue weighted by Gasteiger charge is -2.04. The maximum Gasteiger partial charge on any atom is 0.160 e. The number of nitrogens with two attached hydrogens (primary N) is 1. The Balaban J connectivity index is 2.55. The molecule has 1 aromatic heterocycles. The highest BCUT2D eigenvalue weighted by molar-refractivity contribution is 5.44. The Kier molecular flexibility index (Phi) is 3.76. The van der Waals surface area contributed by atoms with Crippen LogP contribution in [0, 0.1) is 5.92 Å². The van der Waals surface area contributed by atoms with Crippen LogP contribution in [-0.4, -0.2) is 18.2 Å². The van der Waals surface area contributed by atoms with Gasteiger partial charge in [0.25, 0.3) is 0 Å². The molecule has 0 fully saturated rings. The van der Waals surface area contributed by atoms with Gasteiger partial charge in [-0.3, -0.25) is 0 Å². The van der Waals surface area contributed by atoms with E-state index in [9.17, 15) is 0 Å². The second-order valence-corrected chi connectivity index (χ2v) is 3.48. The third-order valence-corrected chi connectivity index (χ3v) is 1.70. The van der Waals surface area contributed by atoms with Crippen LogP contribution >= 0.6 is 0 Å². The Morgan fingerprint density at radius 3 is 3.00 bits per heavy atom. The first kappa shape index (κ1) is 10.1. The molecule has 1 heterocycles. The molecule has 0 aliphatic rings. The van der Waals surface area contributed by atoms with Crippen LogP contribution in [0.15, 0.2) is 10.7 Å². The van der Waals surface area contributed by atoms with Gasteiger partial charge >= 0.3 is 0 Å². The van der Waals surface area contributed by atoms with E-state index in [1.54, 1.807) is 6.20 Å². The Labute approximate surface area is 78.5 Å². The molecule has 0 amide bonds. The molecule has 0 aliphatic heterocycles. The fourth-order valence-electron chi connectivity index (χ4n) is 1.13. The summed E-state index contributed by atoms with van der Waals surface area (Å²) >= 11 is 0. The second-order valence-electron chi connectivity index (χ2n) is 3.48. The number of hydrogen-bond acceptors (Lipinski definition) is 4. The zero-order valence-electron chi connectivity index (χ0n) is 8.21. The second kappa shape index (κ2) is 4.87. The number of nitrogens with zero attached hydrogens (tertiary/aromatic N) is 1. The van der Waals surface area contributed by atoms with Crippen molar-refractivity contribution in [2.45, 2.75) is 20.3 Å². The van der Waals surface area contributed by atoms with Crippen molar-refractivity contribution in [1.82, 2.24) is 5.16 Å². The first-order chi connectivity index (χ1) is 6.24. The lowest BCUT2D eigenvalue weighted by atomic mass is 10.1. The minimum atomic E-state index is 0.575. The van der Waals surface area contributed by atoms with E-state index in [4.69, 9.17) is 10.3 Å². The molecule has 74 valence electrons. The van der Waals surface area contributed by atoms with E-state index < -0.39 is 0 Å². The van der Waals surface area contributed by atoms with Crippen LogP contribution in [0.25, 0.3) is 0 Å². The van der Waals surface area contributed by atoms with Crippen LogP contribution in [0.3, 0.4) is 0 Å². The highest BCUT2D eigenvalue weighted by atomic mass is 16.5. The smallest absolute Gasteiger partial charge is 0.160 e. The van der Waals surface area contributed by atoms with Crippen LogP contribution in [0.1, 0.15) is 19.6 Å². The van der Waals surface area contributed by atoms with Crippen molar-refractivity contribution in [3.63, 3.8) is 0 Å². The number of nitrogens with one attached hydrogen (secondary N) is 1. The van der Waals surface area contributed by atoms with Gasteiger partial charge in [-0.05, 0) is 5.92 Å². The third-order valence-electron chi connectivity index (χ3n) is 1.70. The Bertz CT molecular complexity index is 245. The largest absolute Gasteiger partial charge is 0.380 e. The number of anilines is 1. The SMILES string of the molecule is CC(C)Cc1oncc1NCCN. The fourth-order valence-corrected chi connectivity index (χ4v) is 1.13. The van der Waals surface area contributed by atoms with Crippen molar-refractivity contribution in [2.24, 2.45) is 11.7 Å². The van der Waals surface area contributed by atoms with Crippen molar-refractivity contribution < 1.29 is 4.52 Å². The number of aromatic nitrogens is 1. The number of rotatable bonds is 5. The molecule has 0 aliphatic carbocycles. The molecule has 0 saturated carbocycles. The Morgan fingerprint density at radius 2 is 2.38 bits per heavy atom. The average molecular weight is 183 g/mol. The molecule has 0 radical (unpaired) electrons. The highest BCUT2D eigenvalue weighted by Gasteiger charge is 2.08. The average Bonchev–Trinajstić information content (AvgIpc) is 2.48. The van der Waals surface area contributed by atoms with Gasteiger partial charge in [-0.2, -0.15) is 0 Å². The highest BCUT2D eigenvalue weighted by Crippen LogP contribution is 2.17. The zero-order valence-corrected chi connectivity index (χ0v) is 8.21. The van der Waals surface area contributed by atoms with Gasteiger partial charge in [-0.1, -0.05) is 19.0 Å². The van der Waals surface area contributed by atoms with Gasteiger partial charge in [-0.15, -0.1) is 0 Å². The molecule has 0 unspecified atom stereocenters. The third kappa shape index (κ3) is 3.06. The molecular formula is C9H17N3O. The lowest BCUT2D eigenvalue weighted by molar-refractivity contribution is 0.369. The van der Waals surface area contributed by atoms with E-state index in [1.165, 1.54) is 0 Å². The van der Waals surface area contributed by atoms with Gasteiger partial charge in [0.2, 0.25) is 0 Å². The molecule has 13 heavy (non-hydrogen) atoms. The summed E-state index contributed by atoms with van der Waals surface area (Å²) in [5, 5.41) is 6.92. The van der Waals surface area contributed by atoms with Crippen LogP contribution in [0.4, 0.5) is 5.69 Å². The van der Waals surface area contributed by atoms with Crippen molar-refractivity contribution in [3.8, 4) is 0 Å². The summed E-state index contributed by atoms with van der Waals surface area (Å²) in [5.74, 6) is 1.50. The summed E-state index contributed by atoms with van der Waals surface area (Å²) in [4.78, 5) is 0. The molecule has 1 aromatic rings. The van der Waals surface area contributed by atoms with Crippen LogP contribution < -0.4 is 11.1 Å². The molecule has 0 atom stereocenters. The van der Waals surface area contributed by atoms with Gasteiger partial charge in [0, 0.05) is 19.5 Å². The van der Waals surface area contributed by atoms with Gasteiger partial charge < -0.3 is 15.6 Å². The van der Waals surface area contributed by atoms with Crippen molar-refractivity contribution in [2.75, 3.05) is 18.4 Å². The summed E-state index contributed by atoms with van der Waals surface area (Å²) in [6.45, 7) is 5.67. The minimum absolute atomic E-state index is 0.575. The minimum Gasteiger partial charge on any atom is -0.380 e. The lowest BCUT2D eigenvalue weighted by Crippen LogP contribution is -2.13. The van der Waals surface area contributed by atoms with Gasteiger partial charge in [0.15, 0.2) is 5.76 Å². The Morgan fingerprint density at radius 1 is 1.62 bits per heavy atom. The van der Waals surface area contributed by atoms with Gasteiger partial charge in [0.1, 0.15) is 0 Å². The molecular weight excluding hydrogens is 166 g/mol. The predicted molar refractivity (Wildman–Crippen MR) is 52.6 cm³/mol. The maximum absolute atomic E-state index is 5.38. The first-order valence-corrected chi connectivity index (χ1v) is 4.61. The van der Waals surface area contributed by atoms with Crippen molar-refractivity contribution in [1.29, 1.82) is 0 Å². The van der Waals surface area contributed by atoms with Gasteiger partial charge in [0.05, 0.1) is 11.9 Å². The van der Waals surface area contributed by atoms with Gasteiger partial charge in [-0.25, -0.2) is 0 Å². The van der Waals surface area contributed by atoms with E-state index in [0.29, 0.717) is 12.5 Å². The van der Waals surface area contributed by atoms with Crippen molar-refractivity contribution >= 4 is 5.69 Å². The first-order valence-electron chi connectivity index (χ1n) is 4.61. The molecule has 0 spiro atoms. The molecule has 0 saturated heterocycles. The molecule has 4 heteroatoms. The summed E-state index contributed by atoms with van der Waals surface area (Å²) in [7, 11) is 0.